The first-order valence-corrected chi connectivity index (χ1v) is 8.20. The van der Waals surface area contributed by atoms with E-state index in [0.717, 1.165) is 32.5 Å². The molecule has 5 nitrogen and oxygen atoms in total. The standard InChI is InChI=1S/C15H27N3O2.2ClH/c19-15(14-12-16-6-11-20-14)18-9-3-4-13(5-10-18)17-7-1-2-8-17;;/h13-14,16H,1-12H2;2*1H/t13?,14-;;/m1../s1. The molecule has 3 aliphatic rings. The van der Waals surface area contributed by atoms with Crippen LogP contribution in [0.25, 0.3) is 0 Å². The third kappa shape index (κ3) is 4.96. The van der Waals surface area contributed by atoms with Crippen LogP contribution in [0.5, 0.6) is 0 Å². The van der Waals surface area contributed by atoms with E-state index in [1.807, 2.05) is 4.90 Å². The maximum Gasteiger partial charge on any atom is 0.253 e. The van der Waals surface area contributed by atoms with Gasteiger partial charge in [-0.1, -0.05) is 0 Å². The first-order valence-electron chi connectivity index (χ1n) is 8.20. The van der Waals surface area contributed by atoms with Gasteiger partial charge in [-0.2, -0.15) is 0 Å². The van der Waals surface area contributed by atoms with E-state index in [2.05, 4.69) is 10.2 Å². The number of carbonyl (C=O) groups excluding carboxylic acids is 1. The van der Waals surface area contributed by atoms with Gasteiger partial charge in [-0.15, -0.1) is 24.8 Å². The van der Waals surface area contributed by atoms with Gasteiger partial charge in [0.2, 0.25) is 0 Å². The van der Waals surface area contributed by atoms with Crippen LogP contribution in [-0.4, -0.2) is 73.7 Å². The minimum absolute atomic E-state index is 0. The first kappa shape index (κ1) is 20.0. The largest absolute Gasteiger partial charge is 0.366 e. The number of likely N-dealkylation sites (tertiary alicyclic amines) is 2. The Bertz CT molecular complexity index is 335. The summed E-state index contributed by atoms with van der Waals surface area (Å²) in [5.74, 6) is 0.194. The highest BCUT2D eigenvalue weighted by Crippen LogP contribution is 2.21. The minimum atomic E-state index is -0.257. The van der Waals surface area contributed by atoms with Crippen LogP contribution >= 0.6 is 24.8 Å². The highest BCUT2D eigenvalue weighted by Gasteiger charge is 2.30. The average Bonchev–Trinajstić information content (AvgIpc) is 2.92. The van der Waals surface area contributed by atoms with Crippen LogP contribution in [-0.2, 0) is 9.53 Å². The molecule has 0 aromatic heterocycles. The molecule has 0 aromatic carbocycles. The van der Waals surface area contributed by atoms with E-state index < -0.39 is 0 Å². The fraction of sp³-hybridized carbons (Fsp3) is 0.933. The molecule has 0 saturated carbocycles. The number of amides is 1. The maximum absolute atomic E-state index is 12.5. The maximum atomic E-state index is 12.5. The number of ether oxygens (including phenoxy) is 1. The van der Waals surface area contributed by atoms with Crippen LogP contribution < -0.4 is 5.32 Å². The zero-order chi connectivity index (χ0) is 13.8. The molecule has 130 valence electrons. The van der Waals surface area contributed by atoms with Crippen molar-refractivity contribution in [3.63, 3.8) is 0 Å². The molecule has 0 spiro atoms. The Labute approximate surface area is 145 Å². The lowest BCUT2D eigenvalue weighted by molar-refractivity contribution is -0.145. The van der Waals surface area contributed by atoms with Gasteiger partial charge in [0.1, 0.15) is 6.10 Å². The van der Waals surface area contributed by atoms with Crippen molar-refractivity contribution < 1.29 is 9.53 Å². The molecule has 3 aliphatic heterocycles. The summed E-state index contributed by atoms with van der Waals surface area (Å²) in [6, 6.07) is 0.695. The third-order valence-corrected chi connectivity index (χ3v) is 4.87. The zero-order valence-corrected chi connectivity index (χ0v) is 14.8. The highest BCUT2D eigenvalue weighted by atomic mass is 35.5. The van der Waals surface area contributed by atoms with Crippen LogP contribution in [0.1, 0.15) is 32.1 Å². The molecule has 3 fully saturated rings. The summed E-state index contributed by atoms with van der Waals surface area (Å²) in [6.07, 6.45) is 5.95. The predicted octanol–water partition coefficient (Wildman–Crippen LogP) is 1.30. The summed E-state index contributed by atoms with van der Waals surface area (Å²) in [4.78, 5) is 17.1. The van der Waals surface area contributed by atoms with E-state index in [1.165, 1.54) is 32.4 Å². The molecule has 0 aromatic rings. The van der Waals surface area contributed by atoms with Gasteiger partial charge in [0.25, 0.3) is 5.91 Å². The van der Waals surface area contributed by atoms with Crippen molar-refractivity contribution in [1.29, 1.82) is 0 Å². The summed E-state index contributed by atoms with van der Waals surface area (Å²) in [5.41, 5.74) is 0. The molecule has 3 saturated heterocycles. The van der Waals surface area contributed by atoms with Gasteiger partial charge in [-0.25, -0.2) is 0 Å². The minimum Gasteiger partial charge on any atom is -0.366 e. The quantitative estimate of drug-likeness (QED) is 0.812. The van der Waals surface area contributed by atoms with Crippen LogP contribution in [0.3, 0.4) is 0 Å². The van der Waals surface area contributed by atoms with E-state index >= 15 is 0 Å². The van der Waals surface area contributed by atoms with Crippen LogP contribution in [0, 0.1) is 0 Å². The first-order chi connectivity index (χ1) is 9.84. The van der Waals surface area contributed by atoms with Gasteiger partial charge in [-0.05, 0) is 45.2 Å². The van der Waals surface area contributed by atoms with Crippen LogP contribution in [0.4, 0.5) is 0 Å². The number of hydrogen-bond donors (Lipinski definition) is 1. The van der Waals surface area contributed by atoms with Crippen molar-refractivity contribution in [2.24, 2.45) is 0 Å². The summed E-state index contributed by atoms with van der Waals surface area (Å²) in [6.45, 7) is 6.51. The van der Waals surface area contributed by atoms with Crippen molar-refractivity contribution in [2.45, 2.75) is 44.2 Å². The molecule has 3 heterocycles. The van der Waals surface area contributed by atoms with Crippen molar-refractivity contribution in [2.75, 3.05) is 45.9 Å². The molecule has 22 heavy (non-hydrogen) atoms. The Morgan fingerprint density at radius 3 is 2.45 bits per heavy atom. The van der Waals surface area contributed by atoms with Gasteiger partial charge in [0, 0.05) is 32.2 Å². The second kappa shape index (κ2) is 9.93. The lowest BCUT2D eigenvalue weighted by Crippen LogP contribution is -2.49. The molecule has 2 atom stereocenters. The molecule has 3 rings (SSSR count). The molecule has 1 unspecified atom stereocenters. The Balaban J connectivity index is 0.00000121. The average molecular weight is 354 g/mol. The highest BCUT2D eigenvalue weighted by molar-refractivity contribution is 5.85. The number of hydrogen-bond acceptors (Lipinski definition) is 4. The summed E-state index contributed by atoms with van der Waals surface area (Å²) >= 11 is 0. The zero-order valence-electron chi connectivity index (χ0n) is 13.2. The molecule has 1 N–H and O–H groups in total. The van der Waals surface area contributed by atoms with Gasteiger partial charge in [0.15, 0.2) is 0 Å². The van der Waals surface area contributed by atoms with Gasteiger partial charge >= 0.3 is 0 Å². The lowest BCUT2D eigenvalue weighted by atomic mass is 10.1. The summed E-state index contributed by atoms with van der Waals surface area (Å²) in [7, 11) is 0. The molecule has 0 radical (unpaired) electrons. The SMILES string of the molecule is Cl.Cl.O=C([C@H]1CNCCO1)N1CCCC(N2CCCC2)CC1. The summed E-state index contributed by atoms with van der Waals surface area (Å²) < 4.78 is 5.60. The molecular formula is C15H29Cl2N3O2. The molecule has 7 heteroatoms. The fourth-order valence-corrected chi connectivity index (χ4v) is 3.70. The monoisotopic (exact) mass is 353 g/mol. The van der Waals surface area contributed by atoms with Crippen LogP contribution in [0.15, 0.2) is 0 Å². The van der Waals surface area contributed by atoms with Gasteiger partial charge < -0.3 is 19.9 Å². The van der Waals surface area contributed by atoms with E-state index in [1.54, 1.807) is 0 Å². The Kier molecular flexibility index (Phi) is 9.02. The topological polar surface area (TPSA) is 44.8 Å². The van der Waals surface area contributed by atoms with Gasteiger partial charge in [-0.3, -0.25) is 4.79 Å². The number of nitrogens with one attached hydrogen (secondary N) is 1. The predicted molar refractivity (Wildman–Crippen MR) is 92.1 cm³/mol. The van der Waals surface area contributed by atoms with Crippen molar-refractivity contribution in [3.8, 4) is 0 Å². The second-order valence-corrected chi connectivity index (χ2v) is 6.22. The Morgan fingerprint density at radius 1 is 1.00 bits per heavy atom. The Morgan fingerprint density at radius 2 is 1.77 bits per heavy atom. The van der Waals surface area contributed by atoms with Gasteiger partial charge in [0.05, 0.1) is 6.61 Å². The molecule has 0 aliphatic carbocycles. The number of rotatable bonds is 2. The van der Waals surface area contributed by atoms with Crippen LogP contribution in [0.2, 0.25) is 0 Å². The van der Waals surface area contributed by atoms with E-state index in [0.29, 0.717) is 19.2 Å². The normalized spacial score (nSPS) is 30.1. The number of morpholine rings is 1. The third-order valence-electron chi connectivity index (χ3n) is 4.87. The lowest BCUT2D eigenvalue weighted by Gasteiger charge is -2.29. The molecule has 1 amide bonds. The Hall–Kier alpha value is -0.0700. The van der Waals surface area contributed by atoms with E-state index in [9.17, 15) is 4.79 Å². The van der Waals surface area contributed by atoms with Crippen molar-refractivity contribution in [3.05, 3.63) is 0 Å². The number of nitrogens with zero attached hydrogens (tertiary/aromatic N) is 2. The summed E-state index contributed by atoms with van der Waals surface area (Å²) in [5, 5.41) is 3.24. The number of carbonyl (C=O) groups is 1. The number of halogens is 2. The molecular weight excluding hydrogens is 325 g/mol. The van der Waals surface area contributed by atoms with E-state index in [4.69, 9.17) is 4.74 Å². The smallest absolute Gasteiger partial charge is 0.253 e. The second-order valence-electron chi connectivity index (χ2n) is 6.22. The molecule has 0 bridgehead atoms. The van der Waals surface area contributed by atoms with Crippen molar-refractivity contribution >= 4 is 30.7 Å². The van der Waals surface area contributed by atoms with Crippen molar-refractivity contribution in [1.82, 2.24) is 15.1 Å². The van der Waals surface area contributed by atoms with E-state index in [-0.39, 0.29) is 36.8 Å². The fourth-order valence-electron chi connectivity index (χ4n) is 3.70.